The van der Waals surface area contributed by atoms with Crippen molar-refractivity contribution >= 4 is 87.5 Å². The molecular weight excluding hydrogens is 761 g/mol. The number of furan rings is 2. The van der Waals surface area contributed by atoms with E-state index in [4.69, 9.17) is 8.83 Å². The molecule has 0 bridgehead atoms. The molecule has 0 radical (unpaired) electrons. The molecule has 0 saturated carbocycles. The summed E-state index contributed by atoms with van der Waals surface area (Å²) in [6.45, 7) is 0. The highest BCUT2D eigenvalue weighted by molar-refractivity contribution is 6.25. The molecule has 0 spiro atoms. The molecule has 9 aromatic carbocycles. The Balaban J connectivity index is 1.12. The van der Waals surface area contributed by atoms with Gasteiger partial charge in [0, 0.05) is 49.1 Å². The summed E-state index contributed by atoms with van der Waals surface area (Å²) in [6.07, 6.45) is 0. The van der Waals surface area contributed by atoms with Crippen molar-refractivity contribution in [3.63, 3.8) is 0 Å². The van der Waals surface area contributed by atoms with Gasteiger partial charge in [-0.05, 0) is 90.0 Å². The molecule has 13 rings (SSSR count). The van der Waals surface area contributed by atoms with Crippen LogP contribution in [0.5, 0.6) is 0 Å². The normalized spacial score (nSPS) is 11.8. The predicted octanol–water partition coefficient (Wildman–Crippen LogP) is 14.8. The standard InChI is InChI=1S/C56H30N4O2/c57-31-33-17-19-34(20-18-33)35-21-23-38(36(29-35)32-58)39-24-22-37(59-46-13-5-1-11-44(46)53-48(59)27-25-42-40-9-3-7-15-51(40)61-55(42)53)30-50(39)60-47-14-6-2-12-45(47)54-49(60)28-26-43-41-10-4-8-16-52(41)62-56(43)54/h1-30H. The number of hydrogen-bond donors (Lipinski definition) is 0. The Morgan fingerprint density at radius 3 is 1.53 bits per heavy atom. The van der Waals surface area contributed by atoms with E-state index in [9.17, 15) is 10.5 Å². The van der Waals surface area contributed by atoms with E-state index in [1.54, 1.807) is 12.1 Å². The van der Waals surface area contributed by atoms with Gasteiger partial charge < -0.3 is 18.0 Å². The molecule has 0 aliphatic heterocycles. The molecule has 0 unspecified atom stereocenters. The fourth-order valence-electron chi connectivity index (χ4n) is 9.87. The number of aromatic nitrogens is 2. The number of rotatable bonds is 4. The van der Waals surface area contributed by atoms with Crippen molar-refractivity contribution in [2.45, 2.75) is 0 Å². The van der Waals surface area contributed by atoms with Crippen molar-refractivity contribution < 1.29 is 8.83 Å². The maximum Gasteiger partial charge on any atom is 0.145 e. The van der Waals surface area contributed by atoms with Crippen LogP contribution in [0.1, 0.15) is 11.1 Å². The second kappa shape index (κ2) is 12.8. The van der Waals surface area contributed by atoms with E-state index in [0.717, 1.165) is 121 Å². The fourth-order valence-corrected chi connectivity index (χ4v) is 9.87. The van der Waals surface area contributed by atoms with E-state index < -0.39 is 0 Å². The lowest BCUT2D eigenvalue weighted by Gasteiger charge is -2.18. The SMILES string of the molecule is N#Cc1ccc(-c2ccc(-c3ccc(-n4c5ccccc5c5c6oc7ccccc7c6ccc54)cc3-n3c4ccccc4c4c5oc6ccccc6c5ccc43)c(C#N)c2)cc1. The van der Waals surface area contributed by atoms with Crippen molar-refractivity contribution in [1.82, 2.24) is 9.13 Å². The van der Waals surface area contributed by atoms with E-state index in [0.29, 0.717) is 11.1 Å². The number of nitriles is 2. The quantitative estimate of drug-likeness (QED) is 0.178. The molecule has 0 aliphatic rings. The first kappa shape index (κ1) is 34.1. The van der Waals surface area contributed by atoms with Gasteiger partial charge in [-0.25, -0.2) is 0 Å². The van der Waals surface area contributed by atoms with Crippen LogP contribution in [0.4, 0.5) is 0 Å². The van der Waals surface area contributed by atoms with Crippen LogP contribution in [0.2, 0.25) is 0 Å². The zero-order chi connectivity index (χ0) is 41.1. The van der Waals surface area contributed by atoms with Crippen molar-refractivity contribution in [3.05, 3.63) is 193 Å². The van der Waals surface area contributed by atoms with Crippen molar-refractivity contribution in [2.24, 2.45) is 0 Å². The average molecular weight is 791 g/mol. The van der Waals surface area contributed by atoms with Gasteiger partial charge in [0.1, 0.15) is 22.3 Å². The Labute approximate surface area is 353 Å². The molecule has 0 fully saturated rings. The summed E-state index contributed by atoms with van der Waals surface area (Å²) < 4.78 is 18.0. The summed E-state index contributed by atoms with van der Waals surface area (Å²) in [6, 6.07) is 67.0. The number of para-hydroxylation sites is 4. The molecule has 6 nitrogen and oxygen atoms in total. The molecule has 0 aliphatic carbocycles. The summed E-state index contributed by atoms with van der Waals surface area (Å²) in [7, 11) is 0. The van der Waals surface area contributed by atoms with Gasteiger partial charge in [0.2, 0.25) is 0 Å². The van der Waals surface area contributed by atoms with Crippen LogP contribution in [0, 0.1) is 22.7 Å². The third-order valence-electron chi connectivity index (χ3n) is 12.6. The Kier molecular flexibility index (Phi) is 7.05. The van der Waals surface area contributed by atoms with E-state index >= 15 is 0 Å². The summed E-state index contributed by atoms with van der Waals surface area (Å²) in [4.78, 5) is 0. The number of nitrogens with zero attached hydrogens (tertiary/aromatic N) is 4. The topological polar surface area (TPSA) is 83.7 Å². The van der Waals surface area contributed by atoms with E-state index in [-0.39, 0.29) is 0 Å². The molecular formula is C56H30N4O2. The minimum atomic E-state index is 0.547. The van der Waals surface area contributed by atoms with Crippen LogP contribution in [0.3, 0.4) is 0 Å². The lowest BCUT2D eigenvalue weighted by atomic mass is 9.94. The van der Waals surface area contributed by atoms with Crippen molar-refractivity contribution in [1.29, 1.82) is 10.5 Å². The molecule has 4 heterocycles. The molecule has 0 atom stereocenters. The van der Waals surface area contributed by atoms with Crippen LogP contribution >= 0.6 is 0 Å². The summed E-state index contributed by atoms with van der Waals surface area (Å²) in [5.41, 5.74) is 14.1. The highest BCUT2D eigenvalue weighted by Crippen LogP contribution is 2.45. The Morgan fingerprint density at radius 1 is 0.387 bits per heavy atom. The van der Waals surface area contributed by atoms with E-state index in [2.05, 4.69) is 149 Å². The summed E-state index contributed by atoms with van der Waals surface area (Å²) in [5.74, 6) is 0. The van der Waals surface area contributed by atoms with Crippen LogP contribution in [-0.4, -0.2) is 9.13 Å². The number of fused-ring (bicyclic) bond motifs is 14. The molecule has 0 saturated heterocycles. The molecule has 6 heteroatoms. The zero-order valence-corrected chi connectivity index (χ0v) is 32.9. The smallest absolute Gasteiger partial charge is 0.145 e. The second-order valence-electron chi connectivity index (χ2n) is 15.8. The van der Waals surface area contributed by atoms with Gasteiger partial charge in [0.25, 0.3) is 0 Å². The third kappa shape index (κ3) is 4.72. The Hall–Kier alpha value is -8.84. The first-order valence-electron chi connectivity index (χ1n) is 20.5. The van der Waals surface area contributed by atoms with Gasteiger partial charge in [-0.3, -0.25) is 0 Å². The second-order valence-corrected chi connectivity index (χ2v) is 15.8. The number of benzene rings is 9. The van der Waals surface area contributed by atoms with Gasteiger partial charge >= 0.3 is 0 Å². The maximum atomic E-state index is 10.8. The van der Waals surface area contributed by atoms with Crippen LogP contribution in [-0.2, 0) is 0 Å². The molecule has 13 aromatic rings. The first-order chi connectivity index (χ1) is 30.7. The largest absolute Gasteiger partial charge is 0.455 e. The Bertz CT molecular complexity index is 4130. The minimum Gasteiger partial charge on any atom is -0.455 e. The third-order valence-corrected chi connectivity index (χ3v) is 12.6. The number of hydrogen-bond acceptors (Lipinski definition) is 4. The van der Waals surface area contributed by atoms with Crippen LogP contribution in [0.25, 0.3) is 121 Å². The van der Waals surface area contributed by atoms with Gasteiger partial charge in [-0.1, -0.05) is 103 Å². The maximum absolute atomic E-state index is 10.8. The average Bonchev–Trinajstić information content (AvgIpc) is 4.09. The van der Waals surface area contributed by atoms with Gasteiger partial charge in [-0.2, -0.15) is 10.5 Å². The molecule has 0 amide bonds. The summed E-state index contributed by atoms with van der Waals surface area (Å²) >= 11 is 0. The summed E-state index contributed by atoms with van der Waals surface area (Å²) in [5, 5.41) is 28.9. The van der Waals surface area contributed by atoms with Crippen molar-refractivity contribution in [2.75, 3.05) is 0 Å². The van der Waals surface area contributed by atoms with Crippen LogP contribution < -0.4 is 0 Å². The lowest BCUT2D eigenvalue weighted by molar-refractivity contribution is 0.672. The Morgan fingerprint density at radius 2 is 0.919 bits per heavy atom. The highest BCUT2D eigenvalue weighted by atomic mass is 16.3. The molecule has 62 heavy (non-hydrogen) atoms. The molecule has 4 aromatic heterocycles. The van der Waals surface area contributed by atoms with E-state index in [1.807, 2.05) is 42.5 Å². The van der Waals surface area contributed by atoms with E-state index in [1.165, 1.54) is 0 Å². The van der Waals surface area contributed by atoms with Gasteiger partial charge in [0.05, 0.1) is 61.8 Å². The fraction of sp³-hybridized carbons (Fsp3) is 0. The van der Waals surface area contributed by atoms with Crippen LogP contribution in [0.15, 0.2) is 191 Å². The van der Waals surface area contributed by atoms with Gasteiger partial charge in [-0.15, -0.1) is 0 Å². The van der Waals surface area contributed by atoms with Gasteiger partial charge in [0.15, 0.2) is 0 Å². The predicted molar refractivity (Wildman–Crippen MR) is 250 cm³/mol. The van der Waals surface area contributed by atoms with Crippen molar-refractivity contribution in [3.8, 4) is 45.8 Å². The zero-order valence-electron chi connectivity index (χ0n) is 32.9. The highest BCUT2D eigenvalue weighted by Gasteiger charge is 2.24. The lowest BCUT2D eigenvalue weighted by Crippen LogP contribution is -2.02. The monoisotopic (exact) mass is 790 g/mol. The molecule has 0 N–H and O–H groups in total. The molecule has 286 valence electrons. The first-order valence-corrected chi connectivity index (χ1v) is 20.5. The minimum absolute atomic E-state index is 0.547.